The number of rotatable bonds is 7. The molecule has 0 spiro atoms. The molecule has 0 amide bonds. The van der Waals surface area contributed by atoms with Gasteiger partial charge in [0.25, 0.3) is 0 Å². The summed E-state index contributed by atoms with van der Waals surface area (Å²) in [6.07, 6.45) is 0.237. The Hall–Kier alpha value is -2.52. The molecule has 0 atom stereocenters. The molecule has 2 aliphatic carbocycles. The molecule has 2 saturated carbocycles. The highest BCUT2D eigenvalue weighted by atomic mass is 19.4. The zero-order valence-electron chi connectivity index (χ0n) is 20.9. The van der Waals surface area contributed by atoms with Gasteiger partial charge in [-0.25, -0.2) is 13.2 Å². The van der Waals surface area contributed by atoms with Crippen LogP contribution in [-0.2, 0) is 6.11 Å². The van der Waals surface area contributed by atoms with Crippen molar-refractivity contribution in [2.45, 2.75) is 83.1 Å². The van der Waals surface area contributed by atoms with E-state index < -0.39 is 47.0 Å². The van der Waals surface area contributed by atoms with Gasteiger partial charge in [0, 0.05) is 12.1 Å². The molecule has 0 saturated heterocycles. The van der Waals surface area contributed by atoms with Gasteiger partial charge in [0.2, 0.25) is 5.75 Å². The summed E-state index contributed by atoms with van der Waals surface area (Å²) in [5, 5.41) is 0. The van der Waals surface area contributed by atoms with Crippen molar-refractivity contribution in [2.75, 3.05) is 0 Å². The number of benzene rings is 2. The maximum Gasteiger partial charge on any atom is 0.573 e. The molecule has 2 aromatic rings. The lowest BCUT2D eigenvalue weighted by molar-refractivity contribution is -0.276. The van der Waals surface area contributed by atoms with Gasteiger partial charge in [-0.05, 0) is 79.9 Å². The van der Waals surface area contributed by atoms with E-state index in [2.05, 4.69) is 16.4 Å². The summed E-state index contributed by atoms with van der Waals surface area (Å²) in [5.74, 6) is -5.77. The molecular formula is C28H30F8O2. The van der Waals surface area contributed by atoms with Crippen LogP contribution in [0.25, 0.3) is 0 Å². The van der Waals surface area contributed by atoms with Gasteiger partial charge in [-0.1, -0.05) is 32.3 Å². The van der Waals surface area contributed by atoms with Crippen molar-refractivity contribution in [3.05, 3.63) is 58.9 Å². The Bertz CT molecular complexity index is 1080. The van der Waals surface area contributed by atoms with Crippen LogP contribution in [0.3, 0.4) is 0 Å². The minimum absolute atomic E-state index is 0.0423. The molecule has 10 heteroatoms. The van der Waals surface area contributed by atoms with E-state index in [1.54, 1.807) is 0 Å². The van der Waals surface area contributed by atoms with Gasteiger partial charge in [0.1, 0.15) is 11.6 Å². The number of alkyl halides is 5. The van der Waals surface area contributed by atoms with Crippen molar-refractivity contribution < 1.29 is 44.6 Å². The van der Waals surface area contributed by atoms with Gasteiger partial charge in [-0.2, -0.15) is 8.78 Å². The van der Waals surface area contributed by atoms with Crippen LogP contribution in [-0.4, -0.2) is 6.36 Å². The number of ether oxygens (including phenoxy) is 2. The molecule has 0 bridgehead atoms. The fraction of sp³-hybridized carbons (Fsp3) is 0.571. The summed E-state index contributed by atoms with van der Waals surface area (Å²) < 4.78 is 116. The van der Waals surface area contributed by atoms with E-state index in [0.717, 1.165) is 49.7 Å². The number of halogens is 8. The van der Waals surface area contributed by atoms with E-state index in [-0.39, 0.29) is 18.1 Å². The lowest BCUT2D eigenvalue weighted by Crippen LogP contribution is -2.26. The van der Waals surface area contributed by atoms with Crippen LogP contribution in [0.15, 0.2) is 30.3 Å². The number of hydrogen-bond acceptors (Lipinski definition) is 2. The molecule has 38 heavy (non-hydrogen) atoms. The molecule has 0 N–H and O–H groups in total. The summed E-state index contributed by atoms with van der Waals surface area (Å²) in [6.45, 7) is 2.23. The predicted molar refractivity (Wildman–Crippen MR) is 124 cm³/mol. The van der Waals surface area contributed by atoms with Gasteiger partial charge >= 0.3 is 12.5 Å². The molecule has 0 aromatic heterocycles. The number of hydrogen-bond donors (Lipinski definition) is 0. The first-order valence-corrected chi connectivity index (χ1v) is 13.0. The molecule has 0 unspecified atom stereocenters. The standard InChI is InChI=1S/C28H30F8O2/c1-2-16-3-5-17(6-4-16)18-7-9-19(10-8-18)20-11-12-22(23(29)13-20)27(32,33)37-21-14-24(30)26(25(31)15-21)38-28(34,35)36/h11-19H,2-10H2,1H3. The Labute approximate surface area is 216 Å². The normalized spacial score (nSPS) is 24.8. The molecular weight excluding hydrogens is 520 g/mol. The zero-order chi connectivity index (χ0) is 27.7. The second-order valence-electron chi connectivity index (χ2n) is 10.4. The van der Waals surface area contributed by atoms with Gasteiger partial charge in [-0.3, -0.25) is 0 Å². The molecule has 210 valence electrons. The average molecular weight is 551 g/mol. The molecule has 2 fully saturated rings. The third-order valence-electron chi connectivity index (χ3n) is 8.12. The molecule has 0 heterocycles. The second-order valence-corrected chi connectivity index (χ2v) is 10.4. The first-order chi connectivity index (χ1) is 17.9. The first kappa shape index (κ1) is 28.5. The minimum Gasteiger partial charge on any atom is -0.429 e. The topological polar surface area (TPSA) is 18.5 Å². The maximum absolute atomic E-state index is 14.8. The van der Waals surface area contributed by atoms with Crippen LogP contribution in [0.4, 0.5) is 35.1 Å². The summed E-state index contributed by atoms with van der Waals surface area (Å²) in [6, 6.07) is 3.52. The molecule has 4 rings (SSSR count). The van der Waals surface area contributed by atoms with Crippen LogP contribution >= 0.6 is 0 Å². The SMILES string of the molecule is CCC1CCC(C2CCC(c3ccc(C(F)(F)Oc4cc(F)c(OC(F)(F)F)c(F)c4)c(F)c3)CC2)CC1. The van der Waals surface area contributed by atoms with Crippen LogP contribution in [0.2, 0.25) is 0 Å². The van der Waals surface area contributed by atoms with Gasteiger partial charge < -0.3 is 9.47 Å². The highest BCUT2D eigenvalue weighted by molar-refractivity contribution is 5.36. The summed E-state index contributed by atoms with van der Waals surface area (Å²) in [4.78, 5) is 0. The minimum atomic E-state index is -5.40. The van der Waals surface area contributed by atoms with Crippen molar-refractivity contribution in [1.82, 2.24) is 0 Å². The maximum atomic E-state index is 14.8. The van der Waals surface area contributed by atoms with Crippen LogP contribution in [0.5, 0.6) is 11.5 Å². The molecule has 0 aliphatic heterocycles. The monoisotopic (exact) mass is 550 g/mol. The smallest absolute Gasteiger partial charge is 0.429 e. The first-order valence-electron chi connectivity index (χ1n) is 13.0. The van der Waals surface area contributed by atoms with E-state index in [9.17, 15) is 35.1 Å². The van der Waals surface area contributed by atoms with Crippen molar-refractivity contribution in [2.24, 2.45) is 17.8 Å². The Morgan fingerprint density at radius 3 is 1.76 bits per heavy atom. The van der Waals surface area contributed by atoms with Gasteiger partial charge in [0.15, 0.2) is 11.6 Å². The lowest BCUT2D eigenvalue weighted by Gasteiger charge is -2.38. The highest BCUT2D eigenvalue weighted by Gasteiger charge is 2.40. The fourth-order valence-electron chi connectivity index (χ4n) is 6.02. The fourth-order valence-corrected chi connectivity index (χ4v) is 6.02. The van der Waals surface area contributed by atoms with Gasteiger partial charge in [0.05, 0.1) is 5.56 Å². The average Bonchev–Trinajstić information content (AvgIpc) is 2.85. The Balaban J connectivity index is 1.40. The predicted octanol–water partition coefficient (Wildman–Crippen LogP) is 9.62. The summed E-state index contributed by atoms with van der Waals surface area (Å²) >= 11 is 0. The van der Waals surface area contributed by atoms with E-state index in [4.69, 9.17) is 0 Å². The third kappa shape index (κ3) is 6.72. The van der Waals surface area contributed by atoms with Crippen molar-refractivity contribution in [3.63, 3.8) is 0 Å². The Morgan fingerprint density at radius 2 is 1.26 bits per heavy atom. The van der Waals surface area contributed by atoms with Crippen molar-refractivity contribution in [3.8, 4) is 11.5 Å². The second kappa shape index (κ2) is 11.3. The summed E-state index contributed by atoms with van der Waals surface area (Å²) in [7, 11) is 0. The summed E-state index contributed by atoms with van der Waals surface area (Å²) in [5.41, 5.74) is -0.556. The molecule has 0 radical (unpaired) electrons. The lowest BCUT2D eigenvalue weighted by atomic mass is 9.68. The largest absolute Gasteiger partial charge is 0.573 e. The molecule has 2 nitrogen and oxygen atoms in total. The van der Waals surface area contributed by atoms with Crippen LogP contribution in [0, 0.1) is 35.2 Å². The van der Waals surface area contributed by atoms with E-state index in [0.29, 0.717) is 11.5 Å². The van der Waals surface area contributed by atoms with Gasteiger partial charge in [-0.15, -0.1) is 13.2 Å². The van der Waals surface area contributed by atoms with Crippen LogP contribution < -0.4 is 9.47 Å². The quantitative estimate of drug-likeness (QED) is 0.320. The van der Waals surface area contributed by atoms with Crippen molar-refractivity contribution >= 4 is 0 Å². The van der Waals surface area contributed by atoms with Crippen molar-refractivity contribution in [1.29, 1.82) is 0 Å². The molecule has 2 aromatic carbocycles. The van der Waals surface area contributed by atoms with E-state index >= 15 is 0 Å². The Morgan fingerprint density at radius 1 is 0.711 bits per heavy atom. The van der Waals surface area contributed by atoms with Crippen LogP contribution in [0.1, 0.15) is 81.8 Å². The Kier molecular flexibility index (Phi) is 8.47. The molecule has 2 aliphatic rings. The highest BCUT2D eigenvalue weighted by Crippen LogP contribution is 2.45. The zero-order valence-corrected chi connectivity index (χ0v) is 20.9. The van der Waals surface area contributed by atoms with E-state index in [1.807, 2.05) is 0 Å². The van der Waals surface area contributed by atoms with E-state index in [1.165, 1.54) is 38.2 Å². The third-order valence-corrected chi connectivity index (χ3v) is 8.12.